The molecule has 1 heterocycles. The molecule has 0 spiro atoms. The van der Waals surface area contributed by atoms with Crippen LogP contribution >= 0.6 is 15.9 Å². The molecule has 0 saturated carbocycles. The molecule has 0 atom stereocenters. The number of carbonyl (C=O) groups excluding carboxylic acids is 1. The summed E-state index contributed by atoms with van der Waals surface area (Å²) in [5, 5.41) is 0. The van der Waals surface area contributed by atoms with Crippen LogP contribution in [0, 0.1) is 5.82 Å². The third kappa shape index (κ3) is 1.85. The number of halogens is 2. The molecule has 0 N–H and O–H groups in total. The Morgan fingerprint density at radius 3 is 2.80 bits per heavy atom. The van der Waals surface area contributed by atoms with Crippen LogP contribution in [0.4, 0.5) is 4.39 Å². The first-order valence-corrected chi connectivity index (χ1v) is 5.00. The highest BCUT2D eigenvalue weighted by Gasteiger charge is 2.15. The largest absolute Gasteiger partial charge is 0.472 e. The minimum atomic E-state index is -0.454. The quantitative estimate of drug-likeness (QED) is 0.782. The minimum Gasteiger partial charge on any atom is -0.472 e. The number of ketones is 1. The zero-order chi connectivity index (χ0) is 10.8. The third-order valence-electron chi connectivity index (χ3n) is 1.98. The Balaban J connectivity index is 2.47. The van der Waals surface area contributed by atoms with Crippen molar-refractivity contribution >= 4 is 21.7 Å². The molecular formula is C11H6BrFO2. The maximum absolute atomic E-state index is 13.2. The zero-order valence-corrected chi connectivity index (χ0v) is 9.12. The molecule has 15 heavy (non-hydrogen) atoms. The van der Waals surface area contributed by atoms with Crippen LogP contribution in [0.1, 0.15) is 15.9 Å². The van der Waals surface area contributed by atoms with Crippen LogP contribution < -0.4 is 0 Å². The van der Waals surface area contributed by atoms with Gasteiger partial charge in [0.05, 0.1) is 16.3 Å². The lowest BCUT2D eigenvalue weighted by Gasteiger charge is -2.01. The molecule has 0 aliphatic heterocycles. The molecule has 0 radical (unpaired) electrons. The fraction of sp³-hybridized carbons (Fsp3) is 0. The maximum Gasteiger partial charge on any atom is 0.197 e. The predicted molar refractivity (Wildman–Crippen MR) is 56.2 cm³/mol. The van der Waals surface area contributed by atoms with Gasteiger partial charge in [-0.2, -0.15) is 0 Å². The summed E-state index contributed by atoms with van der Waals surface area (Å²) in [6.07, 6.45) is 2.74. The molecule has 2 aromatic rings. The summed E-state index contributed by atoms with van der Waals surface area (Å²) in [6.45, 7) is 0. The summed E-state index contributed by atoms with van der Waals surface area (Å²) in [6, 6.07) is 5.88. The second-order valence-electron chi connectivity index (χ2n) is 2.94. The summed E-state index contributed by atoms with van der Waals surface area (Å²) < 4.78 is 18.1. The molecule has 0 aliphatic carbocycles. The number of hydrogen-bond acceptors (Lipinski definition) is 2. The summed E-state index contributed by atoms with van der Waals surface area (Å²) in [5.74, 6) is -0.723. The van der Waals surface area contributed by atoms with Crippen LogP contribution in [-0.2, 0) is 0 Å². The van der Waals surface area contributed by atoms with Gasteiger partial charge in [-0.05, 0) is 34.1 Å². The molecule has 0 fully saturated rings. The van der Waals surface area contributed by atoms with Crippen molar-refractivity contribution < 1.29 is 13.6 Å². The first-order valence-electron chi connectivity index (χ1n) is 4.21. The van der Waals surface area contributed by atoms with E-state index in [0.29, 0.717) is 5.56 Å². The lowest BCUT2D eigenvalue weighted by atomic mass is 10.1. The Hall–Kier alpha value is -1.42. The van der Waals surface area contributed by atoms with E-state index >= 15 is 0 Å². The number of furan rings is 1. The molecule has 0 saturated heterocycles. The maximum atomic E-state index is 13.2. The summed E-state index contributed by atoms with van der Waals surface area (Å²) in [4.78, 5) is 11.8. The molecule has 1 aromatic carbocycles. The number of carbonyl (C=O) groups is 1. The van der Waals surface area contributed by atoms with Crippen molar-refractivity contribution in [3.05, 3.63) is 58.2 Å². The molecule has 0 amide bonds. The Bertz CT molecular complexity index is 491. The molecule has 0 aliphatic rings. The van der Waals surface area contributed by atoms with Crippen LogP contribution in [0.5, 0.6) is 0 Å². The van der Waals surface area contributed by atoms with Crippen LogP contribution in [-0.4, -0.2) is 5.78 Å². The van der Waals surface area contributed by atoms with Gasteiger partial charge in [0.25, 0.3) is 0 Å². The van der Waals surface area contributed by atoms with Crippen molar-refractivity contribution in [1.82, 2.24) is 0 Å². The molecule has 2 nitrogen and oxygen atoms in total. The van der Waals surface area contributed by atoms with E-state index in [0.717, 1.165) is 0 Å². The summed E-state index contributed by atoms with van der Waals surface area (Å²) >= 11 is 3.04. The van der Waals surface area contributed by atoms with Gasteiger partial charge in [-0.1, -0.05) is 6.07 Å². The van der Waals surface area contributed by atoms with Gasteiger partial charge >= 0.3 is 0 Å². The van der Waals surface area contributed by atoms with Crippen LogP contribution in [0.3, 0.4) is 0 Å². The van der Waals surface area contributed by atoms with Gasteiger partial charge in [0, 0.05) is 5.56 Å². The molecule has 2 rings (SSSR count). The van der Waals surface area contributed by atoms with Crippen molar-refractivity contribution in [1.29, 1.82) is 0 Å². The monoisotopic (exact) mass is 268 g/mol. The fourth-order valence-corrected chi connectivity index (χ4v) is 1.67. The second-order valence-corrected chi connectivity index (χ2v) is 3.74. The van der Waals surface area contributed by atoms with E-state index in [9.17, 15) is 9.18 Å². The van der Waals surface area contributed by atoms with E-state index in [1.54, 1.807) is 12.1 Å². The Kier molecular flexibility index (Phi) is 2.68. The van der Waals surface area contributed by atoms with Crippen molar-refractivity contribution in [3.63, 3.8) is 0 Å². The number of rotatable bonds is 2. The average molecular weight is 269 g/mol. The van der Waals surface area contributed by atoms with Gasteiger partial charge in [0.2, 0.25) is 0 Å². The third-order valence-corrected chi connectivity index (χ3v) is 2.79. The molecule has 0 bridgehead atoms. The van der Waals surface area contributed by atoms with Crippen LogP contribution in [0.25, 0.3) is 0 Å². The first-order chi connectivity index (χ1) is 7.20. The lowest BCUT2D eigenvalue weighted by Crippen LogP contribution is -2.01. The highest BCUT2D eigenvalue weighted by molar-refractivity contribution is 9.10. The van der Waals surface area contributed by atoms with Crippen LogP contribution in [0.15, 0.2) is 45.7 Å². The standard InChI is InChI=1S/C11H6BrFO2/c12-10-8(2-1-3-9(10)13)11(14)7-4-5-15-6-7/h1-6H. The zero-order valence-electron chi connectivity index (χ0n) is 7.54. The normalized spacial score (nSPS) is 10.3. The molecule has 0 unspecified atom stereocenters. The van der Waals surface area contributed by atoms with Crippen molar-refractivity contribution in [2.75, 3.05) is 0 Å². The SMILES string of the molecule is O=C(c1ccoc1)c1cccc(F)c1Br. The topological polar surface area (TPSA) is 30.2 Å². The van der Waals surface area contributed by atoms with Crippen molar-refractivity contribution in [2.45, 2.75) is 0 Å². The van der Waals surface area contributed by atoms with Crippen molar-refractivity contribution in [3.8, 4) is 0 Å². The predicted octanol–water partition coefficient (Wildman–Crippen LogP) is 3.41. The summed E-state index contributed by atoms with van der Waals surface area (Å²) in [5.41, 5.74) is 0.692. The number of benzene rings is 1. The van der Waals surface area contributed by atoms with Gasteiger partial charge < -0.3 is 4.42 Å². The van der Waals surface area contributed by atoms with Crippen molar-refractivity contribution in [2.24, 2.45) is 0 Å². The van der Waals surface area contributed by atoms with E-state index in [-0.39, 0.29) is 15.8 Å². The van der Waals surface area contributed by atoms with Gasteiger partial charge in [-0.3, -0.25) is 4.79 Å². The molecule has 1 aromatic heterocycles. The van der Waals surface area contributed by atoms with E-state index < -0.39 is 5.82 Å². The summed E-state index contributed by atoms with van der Waals surface area (Å²) in [7, 11) is 0. The highest BCUT2D eigenvalue weighted by atomic mass is 79.9. The Labute approximate surface area is 93.8 Å². The number of hydrogen-bond donors (Lipinski definition) is 0. The van der Waals surface area contributed by atoms with Gasteiger partial charge in [0.15, 0.2) is 5.78 Å². The Morgan fingerprint density at radius 2 is 2.13 bits per heavy atom. The van der Waals surface area contributed by atoms with Gasteiger partial charge in [0.1, 0.15) is 12.1 Å². The van der Waals surface area contributed by atoms with E-state index in [1.807, 2.05) is 0 Å². The highest BCUT2D eigenvalue weighted by Crippen LogP contribution is 2.23. The van der Waals surface area contributed by atoms with E-state index in [2.05, 4.69) is 15.9 Å². The molecule has 4 heteroatoms. The lowest BCUT2D eigenvalue weighted by molar-refractivity contribution is 0.103. The van der Waals surface area contributed by atoms with E-state index in [1.165, 1.54) is 24.7 Å². The first kappa shape index (κ1) is 10.1. The molecule has 76 valence electrons. The fourth-order valence-electron chi connectivity index (χ4n) is 1.23. The smallest absolute Gasteiger partial charge is 0.197 e. The Morgan fingerprint density at radius 1 is 1.33 bits per heavy atom. The van der Waals surface area contributed by atoms with Gasteiger partial charge in [-0.15, -0.1) is 0 Å². The van der Waals surface area contributed by atoms with Gasteiger partial charge in [-0.25, -0.2) is 4.39 Å². The second kappa shape index (κ2) is 3.98. The minimum absolute atomic E-state index is 0.177. The average Bonchev–Trinajstić information content (AvgIpc) is 2.74. The molecular weight excluding hydrogens is 263 g/mol. The van der Waals surface area contributed by atoms with E-state index in [4.69, 9.17) is 4.42 Å². The van der Waals surface area contributed by atoms with Crippen LogP contribution in [0.2, 0.25) is 0 Å².